The van der Waals surface area contributed by atoms with Crippen molar-refractivity contribution in [1.29, 1.82) is 0 Å². The molecule has 2 aromatic carbocycles. The Morgan fingerprint density at radius 3 is 2.72 bits per heavy atom. The van der Waals surface area contributed by atoms with Crippen LogP contribution in [0, 0.1) is 5.82 Å². The Kier molecular flexibility index (Phi) is 5.16. The number of benzene rings is 2. The van der Waals surface area contributed by atoms with Crippen LogP contribution in [0.25, 0.3) is 11.5 Å². The van der Waals surface area contributed by atoms with Crippen molar-refractivity contribution in [2.24, 2.45) is 0 Å². The van der Waals surface area contributed by atoms with E-state index in [0.717, 1.165) is 5.56 Å². The van der Waals surface area contributed by atoms with Gasteiger partial charge in [-0.05, 0) is 29.8 Å². The van der Waals surface area contributed by atoms with Crippen LogP contribution in [0.2, 0.25) is 0 Å². The van der Waals surface area contributed by atoms with Crippen LogP contribution in [0.1, 0.15) is 23.7 Å². The van der Waals surface area contributed by atoms with Crippen molar-refractivity contribution in [2.75, 3.05) is 20.8 Å². The van der Waals surface area contributed by atoms with E-state index < -0.39 is 5.82 Å². The smallest absolute Gasteiger partial charge is 0.260 e. The zero-order chi connectivity index (χ0) is 20.4. The minimum atomic E-state index is -0.430. The highest BCUT2D eigenvalue weighted by atomic mass is 19.1. The summed E-state index contributed by atoms with van der Waals surface area (Å²) in [5.74, 6) is 1.14. The van der Waals surface area contributed by atoms with Crippen molar-refractivity contribution in [3.05, 3.63) is 59.7 Å². The van der Waals surface area contributed by atoms with Gasteiger partial charge in [0.1, 0.15) is 5.82 Å². The molecule has 1 saturated heterocycles. The summed E-state index contributed by atoms with van der Waals surface area (Å²) in [6.07, 6.45) is 0.281. The van der Waals surface area contributed by atoms with E-state index in [4.69, 9.17) is 14.0 Å². The molecule has 1 unspecified atom stereocenters. The Morgan fingerprint density at radius 2 is 1.97 bits per heavy atom. The van der Waals surface area contributed by atoms with Crippen molar-refractivity contribution in [1.82, 2.24) is 15.0 Å². The van der Waals surface area contributed by atoms with E-state index in [2.05, 4.69) is 10.1 Å². The van der Waals surface area contributed by atoms with Crippen LogP contribution < -0.4 is 9.47 Å². The number of hydrogen-bond donors (Lipinski definition) is 0. The number of amides is 1. The topological polar surface area (TPSA) is 77.7 Å². The molecule has 0 spiro atoms. The van der Waals surface area contributed by atoms with Gasteiger partial charge in [0.05, 0.1) is 19.8 Å². The minimum absolute atomic E-state index is 0.00188. The third kappa shape index (κ3) is 3.78. The molecule has 1 atom stereocenters. The molecular weight excluding hydrogens is 377 g/mol. The molecule has 1 aliphatic heterocycles. The van der Waals surface area contributed by atoms with Crippen LogP contribution in [0.4, 0.5) is 4.39 Å². The number of methoxy groups -OCH3 is 2. The molecule has 0 bridgehead atoms. The van der Waals surface area contributed by atoms with E-state index >= 15 is 0 Å². The average Bonchev–Trinajstić information content (AvgIpc) is 3.35. The fraction of sp³-hybridized carbons (Fsp3) is 0.286. The summed E-state index contributed by atoms with van der Waals surface area (Å²) in [7, 11) is 3.15. The standard InChI is InChI=1S/C21H20FN3O4/c1-27-17-8-7-13(9-18(17)28-2)11-25-12-14(10-19(25)26)20-23-21(29-24-20)15-5-3-4-6-16(15)22/h3-9,14H,10-12H2,1-2H3. The van der Waals surface area contributed by atoms with Gasteiger partial charge in [-0.2, -0.15) is 4.98 Å². The van der Waals surface area contributed by atoms with Gasteiger partial charge in [0, 0.05) is 25.4 Å². The molecule has 1 aromatic heterocycles. The molecule has 8 heteroatoms. The van der Waals surface area contributed by atoms with Crippen molar-refractivity contribution in [3.8, 4) is 23.0 Å². The van der Waals surface area contributed by atoms with Crippen LogP contribution >= 0.6 is 0 Å². The molecule has 0 radical (unpaired) electrons. The molecule has 0 N–H and O–H groups in total. The first kappa shape index (κ1) is 18.9. The molecule has 0 aliphatic carbocycles. The number of nitrogens with zero attached hydrogens (tertiary/aromatic N) is 3. The van der Waals surface area contributed by atoms with Gasteiger partial charge >= 0.3 is 0 Å². The lowest BCUT2D eigenvalue weighted by Gasteiger charge is -2.17. The van der Waals surface area contributed by atoms with E-state index in [1.54, 1.807) is 37.3 Å². The van der Waals surface area contributed by atoms with E-state index in [1.165, 1.54) is 6.07 Å². The Hall–Kier alpha value is -3.42. The molecular formula is C21H20FN3O4. The van der Waals surface area contributed by atoms with Gasteiger partial charge in [0.15, 0.2) is 17.3 Å². The maximum atomic E-state index is 13.9. The molecule has 7 nitrogen and oxygen atoms in total. The summed E-state index contributed by atoms with van der Waals surface area (Å²) >= 11 is 0. The largest absolute Gasteiger partial charge is 0.493 e. The Labute approximate surface area is 167 Å². The lowest BCUT2D eigenvalue weighted by molar-refractivity contribution is -0.128. The Balaban J connectivity index is 1.48. The third-order valence-corrected chi connectivity index (χ3v) is 4.95. The van der Waals surface area contributed by atoms with Crippen LogP contribution in [0.5, 0.6) is 11.5 Å². The summed E-state index contributed by atoms with van der Waals surface area (Å²) in [5, 5.41) is 3.97. The Bertz CT molecular complexity index is 1040. The normalized spacial score (nSPS) is 16.3. The third-order valence-electron chi connectivity index (χ3n) is 4.95. The van der Waals surface area contributed by atoms with Crippen LogP contribution in [0.3, 0.4) is 0 Å². The van der Waals surface area contributed by atoms with Gasteiger partial charge in [-0.1, -0.05) is 23.4 Å². The van der Waals surface area contributed by atoms with E-state index in [0.29, 0.717) is 30.4 Å². The predicted octanol–water partition coefficient (Wildman–Crippen LogP) is 3.41. The SMILES string of the molecule is COc1ccc(CN2CC(c3noc(-c4ccccc4F)n3)CC2=O)cc1OC. The summed E-state index contributed by atoms with van der Waals surface area (Å²) in [5.41, 5.74) is 1.18. The lowest BCUT2D eigenvalue weighted by atomic mass is 10.1. The van der Waals surface area contributed by atoms with Gasteiger partial charge in [-0.3, -0.25) is 4.79 Å². The van der Waals surface area contributed by atoms with Crippen molar-refractivity contribution >= 4 is 5.91 Å². The van der Waals surface area contributed by atoms with E-state index in [1.807, 2.05) is 18.2 Å². The second-order valence-corrected chi connectivity index (χ2v) is 6.80. The fourth-order valence-corrected chi connectivity index (χ4v) is 3.44. The number of ether oxygens (including phenoxy) is 2. The first-order valence-electron chi connectivity index (χ1n) is 9.16. The molecule has 4 rings (SSSR count). The Morgan fingerprint density at radius 1 is 1.17 bits per heavy atom. The fourth-order valence-electron chi connectivity index (χ4n) is 3.44. The van der Waals surface area contributed by atoms with Crippen molar-refractivity contribution in [3.63, 3.8) is 0 Å². The molecule has 1 aliphatic rings. The van der Waals surface area contributed by atoms with Crippen molar-refractivity contribution < 1.29 is 23.2 Å². The number of carbonyl (C=O) groups is 1. The number of hydrogen-bond acceptors (Lipinski definition) is 6. The molecule has 29 heavy (non-hydrogen) atoms. The maximum absolute atomic E-state index is 13.9. The number of halogens is 1. The number of rotatable bonds is 6. The lowest BCUT2D eigenvalue weighted by Crippen LogP contribution is -2.24. The van der Waals surface area contributed by atoms with Crippen LogP contribution in [-0.4, -0.2) is 41.7 Å². The molecule has 3 aromatic rings. The highest BCUT2D eigenvalue weighted by molar-refractivity contribution is 5.79. The monoisotopic (exact) mass is 397 g/mol. The summed E-state index contributed by atoms with van der Waals surface area (Å²) in [4.78, 5) is 18.6. The van der Waals surface area contributed by atoms with Gasteiger partial charge in [0.2, 0.25) is 5.91 Å². The molecule has 1 fully saturated rings. The van der Waals surface area contributed by atoms with Crippen molar-refractivity contribution in [2.45, 2.75) is 18.9 Å². The highest BCUT2D eigenvalue weighted by Gasteiger charge is 2.34. The van der Waals surface area contributed by atoms with Gasteiger partial charge in [-0.15, -0.1) is 0 Å². The second kappa shape index (κ2) is 7.90. The summed E-state index contributed by atoms with van der Waals surface area (Å²) in [6.45, 7) is 0.900. The molecule has 1 amide bonds. The van der Waals surface area contributed by atoms with E-state index in [-0.39, 0.29) is 29.7 Å². The highest BCUT2D eigenvalue weighted by Crippen LogP contribution is 2.32. The number of aromatic nitrogens is 2. The van der Waals surface area contributed by atoms with Gasteiger partial charge < -0.3 is 18.9 Å². The zero-order valence-corrected chi connectivity index (χ0v) is 16.1. The zero-order valence-electron chi connectivity index (χ0n) is 16.1. The predicted molar refractivity (Wildman–Crippen MR) is 102 cm³/mol. The number of carbonyl (C=O) groups excluding carboxylic acids is 1. The minimum Gasteiger partial charge on any atom is -0.493 e. The first-order valence-corrected chi connectivity index (χ1v) is 9.16. The van der Waals surface area contributed by atoms with Gasteiger partial charge in [-0.25, -0.2) is 4.39 Å². The molecule has 2 heterocycles. The molecule has 150 valence electrons. The van der Waals surface area contributed by atoms with Gasteiger partial charge in [0.25, 0.3) is 5.89 Å². The van der Waals surface area contributed by atoms with E-state index in [9.17, 15) is 9.18 Å². The second-order valence-electron chi connectivity index (χ2n) is 6.80. The summed E-state index contributed by atoms with van der Waals surface area (Å²) in [6, 6.07) is 11.8. The quantitative estimate of drug-likeness (QED) is 0.634. The number of likely N-dealkylation sites (tertiary alicyclic amines) is 1. The molecule has 0 saturated carbocycles. The average molecular weight is 397 g/mol. The summed E-state index contributed by atoms with van der Waals surface area (Å²) < 4.78 is 29.7. The maximum Gasteiger partial charge on any atom is 0.260 e. The van der Waals surface area contributed by atoms with Crippen LogP contribution in [-0.2, 0) is 11.3 Å². The van der Waals surface area contributed by atoms with Crippen LogP contribution in [0.15, 0.2) is 47.0 Å². The first-order chi connectivity index (χ1) is 14.1.